The van der Waals surface area contributed by atoms with Gasteiger partial charge in [-0.15, -0.1) is 0 Å². The molecule has 0 atom stereocenters. The third-order valence-electron chi connectivity index (χ3n) is 3.52. The van der Waals surface area contributed by atoms with E-state index in [0.717, 1.165) is 0 Å². The molecule has 9 nitrogen and oxygen atoms in total. The summed E-state index contributed by atoms with van der Waals surface area (Å²) in [5.74, 6) is 0.116. The zero-order valence-electron chi connectivity index (χ0n) is 15.5. The van der Waals surface area contributed by atoms with Crippen molar-refractivity contribution >= 4 is 35.1 Å². The van der Waals surface area contributed by atoms with Gasteiger partial charge in [0.2, 0.25) is 11.8 Å². The number of likely N-dealkylation sites (N-methyl/N-ethyl adjacent to an activating group) is 1. The highest BCUT2D eigenvalue weighted by molar-refractivity contribution is 6.31. The van der Waals surface area contributed by atoms with Gasteiger partial charge in [-0.25, -0.2) is 4.79 Å². The van der Waals surface area contributed by atoms with Crippen LogP contribution in [0.3, 0.4) is 0 Å². The molecule has 0 saturated carbocycles. The van der Waals surface area contributed by atoms with E-state index in [-0.39, 0.29) is 25.5 Å². The van der Waals surface area contributed by atoms with Crippen LogP contribution in [0.15, 0.2) is 41.0 Å². The Hall–Kier alpha value is -3.04. The number of halogens is 1. The second kappa shape index (κ2) is 10.3. The summed E-state index contributed by atoms with van der Waals surface area (Å²) in [7, 11) is 3.06. The van der Waals surface area contributed by atoms with E-state index in [2.05, 4.69) is 16.0 Å². The lowest BCUT2D eigenvalue weighted by molar-refractivity contribution is -0.122. The molecular formula is C18H21ClN4O5. The Morgan fingerprint density at radius 1 is 1.18 bits per heavy atom. The van der Waals surface area contributed by atoms with Gasteiger partial charge in [0.25, 0.3) is 0 Å². The van der Waals surface area contributed by atoms with E-state index in [0.29, 0.717) is 22.2 Å². The number of furan rings is 1. The first kappa shape index (κ1) is 21.3. The van der Waals surface area contributed by atoms with Crippen LogP contribution in [-0.2, 0) is 16.1 Å². The highest BCUT2D eigenvalue weighted by atomic mass is 35.5. The molecule has 0 aliphatic carbocycles. The fourth-order valence-electron chi connectivity index (χ4n) is 2.30. The zero-order valence-corrected chi connectivity index (χ0v) is 16.2. The number of urea groups is 1. The van der Waals surface area contributed by atoms with Gasteiger partial charge in [-0.2, -0.15) is 0 Å². The average Bonchev–Trinajstić information content (AvgIpc) is 3.13. The van der Waals surface area contributed by atoms with E-state index in [1.54, 1.807) is 37.4 Å². The molecule has 1 aromatic carbocycles. The molecule has 150 valence electrons. The van der Waals surface area contributed by atoms with Crippen molar-refractivity contribution in [1.29, 1.82) is 0 Å². The fraction of sp³-hybridized carbons (Fsp3) is 0.278. The van der Waals surface area contributed by atoms with Crippen LogP contribution in [0.5, 0.6) is 5.75 Å². The minimum atomic E-state index is -0.650. The number of ether oxygens (including phenoxy) is 1. The van der Waals surface area contributed by atoms with Gasteiger partial charge >= 0.3 is 6.03 Å². The molecule has 0 aliphatic rings. The van der Waals surface area contributed by atoms with E-state index in [9.17, 15) is 14.4 Å². The molecule has 1 aromatic heterocycles. The van der Waals surface area contributed by atoms with Crippen LogP contribution in [-0.4, -0.2) is 50.0 Å². The average molecular weight is 409 g/mol. The third-order valence-corrected chi connectivity index (χ3v) is 3.75. The molecule has 1 heterocycles. The van der Waals surface area contributed by atoms with Gasteiger partial charge in [0.05, 0.1) is 38.7 Å². The number of hydrogen-bond acceptors (Lipinski definition) is 6. The molecule has 10 heteroatoms. The number of nitrogens with zero attached hydrogens (tertiary/aromatic N) is 1. The second-order valence-corrected chi connectivity index (χ2v) is 6.31. The largest absolute Gasteiger partial charge is 0.495 e. The number of nitrogens with one attached hydrogen (secondary N) is 3. The minimum absolute atomic E-state index is 0.0723. The van der Waals surface area contributed by atoms with Crippen molar-refractivity contribution in [3.8, 4) is 5.75 Å². The maximum absolute atomic E-state index is 12.2. The number of carbonyl (C=O) groups excluding carboxylic acids is 3. The summed E-state index contributed by atoms with van der Waals surface area (Å²) in [5.41, 5.74) is 0.426. The quantitative estimate of drug-likeness (QED) is 0.614. The summed E-state index contributed by atoms with van der Waals surface area (Å²) in [6.07, 6.45) is 1.49. The summed E-state index contributed by atoms with van der Waals surface area (Å²) < 4.78 is 10.2. The minimum Gasteiger partial charge on any atom is -0.495 e. The van der Waals surface area contributed by atoms with Gasteiger partial charge in [-0.3, -0.25) is 19.8 Å². The zero-order chi connectivity index (χ0) is 20.5. The van der Waals surface area contributed by atoms with Crippen molar-refractivity contribution in [1.82, 2.24) is 15.5 Å². The molecule has 0 unspecified atom stereocenters. The fourth-order valence-corrected chi connectivity index (χ4v) is 2.48. The molecule has 28 heavy (non-hydrogen) atoms. The van der Waals surface area contributed by atoms with Crippen LogP contribution in [0.2, 0.25) is 5.02 Å². The number of amides is 4. The van der Waals surface area contributed by atoms with E-state index in [1.165, 1.54) is 18.3 Å². The first-order valence-corrected chi connectivity index (χ1v) is 8.67. The van der Waals surface area contributed by atoms with Gasteiger partial charge in [0, 0.05) is 5.02 Å². The molecule has 0 spiro atoms. The molecule has 0 aliphatic heterocycles. The Balaban J connectivity index is 1.75. The van der Waals surface area contributed by atoms with Crippen LogP contribution < -0.4 is 20.7 Å². The van der Waals surface area contributed by atoms with Gasteiger partial charge in [-0.05, 0) is 37.4 Å². The van der Waals surface area contributed by atoms with Crippen LogP contribution in [0.25, 0.3) is 0 Å². The summed E-state index contributed by atoms with van der Waals surface area (Å²) in [6.45, 7) is -0.0583. The Bertz CT molecular complexity index is 825. The Labute approximate surface area is 167 Å². The van der Waals surface area contributed by atoms with Crippen molar-refractivity contribution in [2.45, 2.75) is 6.54 Å². The number of benzene rings is 1. The third kappa shape index (κ3) is 6.93. The van der Waals surface area contributed by atoms with E-state index in [4.69, 9.17) is 20.8 Å². The maximum atomic E-state index is 12.2. The smallest absolute Gasteiger partial charge is 0.321 e. The molecular weight excluding hydrogens is 388 g/mol. The predicted octanol–water partition coefficient (Wildman–Crippen LogP) is 1.84. The molecule has 3 N–H and O–H groups in total. The standard InChI is InChI=1S/C18H21ClN4O5/c1-23(10-16(24)21-14-8-12(19)5-6-15(14)27-2)11-17(25)22-18(26)20-9-13-4-3-7-28-13/h3-8H,9-11H2,1-2H3,(H,21,24)(H2,20,22,25,26). The van der Waals surface area contributed by atoms with E-state index in [1.807, 2.05) is 0 Å². The van der Waals surface area contributed by atoms with Crippen LogP contribution in [0.1, 0.15) is 5.76 Å². The number of rotatable bonds is 8. The van der Waals surface area contributed by atoms with E-state index >= 15 is 0 Å². The molecule has 0 radical (unpaired) electrons. The lowest BCUT2D eigenvalue weighted by Crippen LogP contribution is -2.44. The number of carbonyl (C=O) groups is 3. The lowest BCUT2D eigenvalue weighted by atomic mass is 10.3. The summed E-state index contributed by atoms with van der Waals surface area (Å²) >= 11 is 5.92. The van der Waals surface area contributed by atoms with Gasteiger partial charge in [0.15, 0.2) is 0 Å². The normalized spacial score (nSPS) is 10.4. The molecule has 2 rings (SSSR count). The Morgan fingerprint density at radius 2 is 1.93 bits per heavy atom. The van der Waals surface area contributed by atoms with Crippen molar-refractivity contribution in [2.24, 2.45) is 0 Å². The van der Waals surface area contributed by atoms with Crippen LogP contribution >= 0.6 is 11.6 Å². The van der Waals surface area contributed by atoms with E-state index < -0.39 is 11.9 Å². The van der Waals surface area contributed by atoms with Gasteiger partial charge in [0.1, 0.15) is 11.5 Å². The SMILES string of the molecule is COc1ccc(Cl)cc1NC(=O)CN(C)CC(=O)NC(=O)NCc1ccco1. The number of hydrogen-bond donors (Lipinski definition) is 3. The second-order valence-electron chi connectivity index (χ2n) is 5.88. The first-order valence-electron chi connectivity index (χ1n) is 8.29. The molecule has 0 saturated heterocycles. The van der Waals surface area contributed by atoms with Gasteiger partial charge in [-0.1, -0.05) is 11.6 Å². The molecule has 0 bridgehead atoms. The number of methoxy groups -OCH3 is 1. The summed E-state index contributed by atoms with van der Waals surface area (Å²) in [6, 6.07) is 7.58. The molecule has 0 fully saturated rings. The molecule has 2 aromatic rings. The Morgan fingerprint density at radius 3 is 2.61 bits per heavy atom. The Kier molecular flexibility index (Phi) is 7.85. The summed E-state index contributed by atoms with van der Waals surface area (Å²) in [4.78, 5) is 37.2. The predicted molar refractivity (Wildman–Crippen MR) is 103 cm³/mol. The first-order chi connectivity index (χ1) is 13.4. The topological polar surface area (TPSA) is 113 Å². The summed E-state index contributed by atoms with van der Waals surface area (Å²) in [5, 5.41) is 7.79. The highest BCUT2D eigenvalue weighted by Crippen LogP contribution is 2.27. The van der Waals surface area contributed by atoms with Crippen LogP contribution in [0, 0.1) is 0 Å². The van der Waals surface area contributed by atoms with Crippen LogP contribution in [0.4, 0.5) is 10.5 Å². The van der Waals surface area contributed by atoms with Gasteiger partial charge < -0.3 is 19.8 Å². The van der Waals surface area contributed by atoms with Crippen molar-refractivity contribution in [3.05, 3.63) is 47.4 Å². The number of imide groups is 1. The maximum Gasteiger partial charge on any atom is 0.321 e. The lowest BCUT2D eigenvalue weighted by Gasteiger charge is -2.16. The van der Waals surface area contributed by atoms with Crippen molar-refractivity contribution in [3.63, 3.8) is 0 Å². The molecule has 4 amide bonds. The monoisotopic (exact) mass is 408 g/mol. The van der Waals surface area contributed by atoms with Crippen molar-refractivity contribution in [2.75, 3.05) is 32.6 Å². The number of anilines is 1. The highest BCUT2D eigenvalue weighted by Gasteiger charge is 2.15. The van der Waals surface area contributed by atoms with Crippen molar-refractivity contribution < 1.29 is 23.5 Å².